The van der Waals surface area contributed by atoms with E-state index in [0.29, 0.717) is 23.6 Å². The lowest BCUT2D eigenvalue weighted by atomic mass is 10.1. The molecule has 0 radical (unpaired) electrons. The number of H-pyrrole nitrogens is 1. The van der Waals surface area contributed by atoms with Gasteiger partial charge in [0, 0.05) is 46.3 Å². The van der Waals surface area contributed by atoms with Crippen LogP contribution in [0.5, 0.6) is 0 Å². The number of aromatic nitrogens is 4. The fraction of sp³-hybridized carbons (Fsp3) is 0.500. The number of hydrogen-bond donors (Lipinski definition) is 1. The van der Waals surface area contributed by atoms with E-state index in [1.807, 2.05) is 4.57 Å². The zero-order valence-electron chi connectivity index (χ0n) is 18.2. The van der Waals surface area contributed by atoms with Crippen LogP contribution in [-0.4, -0.2) is 50.2 Å². The molecule has 0 atom stereocenters. The van der Waals surface area contributed by atoms with Crippen molar-refractivity contribution in [2.24, 2.45) is 13.0 Å². The quantitative estimate of drug-likeness (QED) is 0.693. The van der Waals surface area contributed by atoms with Gasteiger partial charge in [0.15, 0.2) is 11.2 Å². The lowest BCUT2D eigenvalue weighted by molar-refractivity contribution is 0.247. The third-order valence-corrected chi connectivity index (χ3v) is 5.84. The SMILES string of the molecule is Cc1ccccc1CN1CCN(c2nc3c(c(=O)[nH]c(=O)n3C)n2CC(C)C)CC1. The lowest BCUT2D eigenvalue weighted by Crippen LogP contribution is -2.47. The number of imidazole rings is 1. The van der Waals surface area contributed by atoms with E-state index in [-0.39, 0.29) is 5.56 Å². The monoisotopic (exact) mass is 410 g/mol. The standard InChI is InChI=1S/C22H30N6O2/c1-15(2)13-28-18-19(25(4)22(30)24-20(18)29)23-21(28)27-11-9-26(10-12-27)14-17-8-6-5-7-16(17)3/h5-8,15H,9-14H2,1-4H3,(H,24,29,30). The topological polar surface area (TPSA) is 79.2 Å². The van der Waals surface area contributed by atoms with Crippen molar-refractivity contribution in [2.45, 2.75) is 33.9 Å². The van der Waals surface area contributed by atoms with Gasteiger partial charge in [-0.2, -0.15) is 4.98 Å². The van der Waals surface area contributed by atoms with Gasteiger partial charge in [-0.05, 0) is 24.0 Å². The van der Waals surface area contributed by atoms with E-state index in [1.165, 1.54) is 15.7 Å². The number of rotatable bonds is 5. The number of aryl methyl sites for hydroxylation is 2. The Hall–Kier alpha value is -2.87. The minimum absolute atomic E-state index is 0.347. The molecule has 2 aromatic heterocycles. The first kappa shape index (κ1) is 20.4. The average molecular weight is 411 g/mol. The van der Waals surface area contributed by atoms with Gasteiger partial charge >= 0.3 is 5.69 Å². The fourth-order valence-electron chi connectivity index (χ4n) is 4.14. The smallest absolute Gasteiger partial charge is 0.329 e. The largest absolute Gasteiger partial charge is 0.340 e. The van der Waals surface area contributed by atoms with Crippen molar-refractivity contribution in [1.29, 1.82) is 0 Å². The summed E-state index contributed by atoms with van der Waals surface area (Å²) < 4.78 is 3.40. The minimum Gasteiger partial charge on any atom is -0.340 e. The Balaban J connectivity index is 1.61. The van der Waals surface area contributed by atoms with Crippen molar-refractivity contribution in [3.05, 3.63) is 56.2 Å². The van der Waals surface area contributed by atoms with Crippen molar-refractivity contribution in [2.75, 3.05) is 31.1 Å². The molecule has 3 aromatic rings. The molecule has 1 saturated heterocycles. The Kier molecular flexibility index (Phi) is 5.51. The van der Waals surface area contributed by atoms with Gasteiger partial charge in [0.1, 0.15) is 0 Å². The maximum absolute atomic E-state index is 12.6. The van der Waals surface area contributed by atoms with Crippen molar-refractivity contribution in [3.63, 3.8) is 0 Å². The highest BCUT2D eigenvalue weighted by atomic mass is 16.2. The van der Waals surface area contributed by atoms with Gasteiger partial charge in [-0.1, -0.05) is 38.1 Å². The van der Waals surface area contributed by atoms with Gasteiger partial charge in [-0.15, -0.1) is 0 Å². The van der Waals surface area contributed by atoms with Gasteiger partial charge in [-0.25, -0.2) is 4.79 Å². The molecule has 0 bridgehead atoms. The highest BCUT2D eigenvalue weighted by Gasteiger charge is 2.25. The van der Waals surface area contributed by atoms with E-state index in [4.69, 9.17) is 4.98 Å². The van der Waals surface area contributed by atoms with Crippen LogP contribution in [0.4, 0.5) is 5.95 Å². The average Bonchev–Trinajstić information content (AvgIpc) is 3.08. The minimum atomic E-state index is -0.434. The third kappa shape index (κ3) is 3.79. The Morgan fingerprint density at radius 2 is 1.80 bits per heavy atom. The Morgan fingerprint density at radius 3 is 2.47 bits per heavy atom. The Morgan fingerprint density at radius 1 is 1.10 bits per heavy atom. The molecule has 0 saturated carbocycles. The second-order valence-electron chi connectivity index (χ2n) is 8.60. The van der Waals surface area contributed by atoms with Gasteiger partial charge in [0.25, 0.3) is 5.56 Å². The predicted molar refractivity (Wildman–Crippen MR) is 119 cm³/mol. The zero-order valence-corrected chi connectivity index (χ0v) is 18.2. The molecule has 1 aromatic carbocycles. The third-order valence-electron chi connectivity index (χ3n) is 5.84. The van der Waals surface area contributed by atoms with Crippen molar-refractivity contribution in [3.8, 4) is 0 Å². The molecule has 1 aliphatic heterocycles. The summed E-state index contributed by atoms with van der Waals surface area (Å²) in [6.07, 6.45) is 0. The van der Waals surface area contributed by atoms with Crippen LogP contribution in [0.3, 0.4) is 0 Å². The maximum atomic E-state index is 12.6. The van der Waals surface area contributed by atoms with Crippen LogP contribution in [0.2, 0.25) is 0 Å². The number of benzene rings is 1. The van der Waals surface area contributed by atoms with Gasteiger partial charge in [0.2, 0.25) is 5.95 Å². The Bertz CT molecular complexity index is 1160. The first-order chi connectivity index (χ1) is 14.3. The molecule has 0 spiro atoms. The second kappa shape index (κ2) is 8.10. The lowest BCUT2D eigenvalue weighted by Gasteiger charge is -2.35. The number of nitrogens with one attached hydrogen (secondary N) is 1. The van der Waals surface area contributed by atoms with Crippen LogP contribution in [-0.2, 0) is 20.1 Å². The van der Waals surface area contributed by atoms with Crippen molar-refractivity contribution < 1.29 is 0 Å². The summed E-state index contributed by atoms with van der Waals surface area (Å²) in [5.41, 5.74) is 2.80. The van der Waals surface area contributed by atoms with Crippen LogP contribution < -0.4 is 16.1 Å². The first-order valence-corrected chi connectivity index (χ1v) is 10.6. The molecular formula is C22H30N6O2. The molecule has 3 heterocycles. The normalized spacial score (nSPS) is 15.4. The number of nitrogens with zero attached hydrogens (tertiary/aromatic N) is 5. The summed E-state index contributed by atoms with van der Waals surface area (Å²) in [7, 11) is 1.65. The van der Waals surface area contributed by atoms with E-state index < -0.39 is 5.69 Å². The van der Waals surface area contributed by atoms with Gasteiger partial charge in [-0.3, -0.25) is 19.2 Å². The van der Waals surface area contributed by atoms with Crippen LogP contribution in [0.15, 0.2) is 33.9 Å². The predicted octanol–water partition coefficient (Wildman–Crippen LogP) is 1.71. The molecule has 8 heteroatoms. The molecule has 1 fully saturated rings. The van der Waals surface area contributed by atoms with E-state index in [9.17, 15) is 9.59 Å². The van der Waals surface area contributed by atoms with E-state index in [1.54, 1.807) is 7.05 Å². The Labute approximate surface area is 175 Å². The first-order valence-electron chi connectivity index (χ1n) is 10.6. The summed E-state index contributed by atoms with van der Waals surface area (Å²) in [5, 5.41) is 0. The molecule has 1 N–H and O–H groups in total. The van der Waals surface area contributed by atoms with Crippen molar-refractivity contribution in [1.82, 2.24) is 24.0 Å². The molecule has 0 amide bonds. The maximum Gasteiger partial charge on any atom is 0.329 e. The summed E-state index contributed by atoms with van der Waals surface area (Å²) in [6, 6.07) is 8.51. The van der Waals surface area contributed by atoms with E-state index in [0.717, 1.165) is 38.7 Å². The highest BCUT2D eigenvalue weighted by molar-refractivity contribution is 5.74. The highest BCUT2D eigenvalue weighted by Crippen LogP contribution is 2.23. The van der Waals surface area contributed by atoms with Crippen LogP contribution in [0.25, 0.3) is 11.2 Å². The van der Waals surface area contributed by atoms with Crippen LogP contribution in [0.1, 0.15) is 25.0 Å². The molecule has 8 nitrogen and oxygen atoms in total. The second-order valence-corrected chi connectivity index (χ2v) is 8.60. The fourth-order valence-corrected chi connectivity index (χ4v) is 4.14. The summed E-state index contributed by atoms with van der Waals surface area (Å²) in [6.45, 7) is 11.5. The number of piperazine rings is 1. The molecule has 0 aliphatic carbocycles. The molecule has 30 heavy (non-hydrogen) atoms. The molecule has 1 aliphatic rings. The number of fused-ring (bicyclic) bond motifs is 1. The van der Waals surface area contributed by atoms with Crippen molar-refractivity contribution >= 4 is 17.1 Å². The summed E-state index contributed by atoms with van der Waals surface area (Å²) >= 11 is 0. The molecule has 160 valence electrons. The number of anilines is 1. The van der Waals surface area contributed by atoms with E-state index >= 15 is 0 Å². The summed E-state index contributed by atoms with van der Waals surface area (Å²) in [5.74, 6) is 1.13. The molecule has 0 unspecified atom stereocenters. The number of aromatic amines is 1. The van der Waals surface area contributed by atoms with Crippen LogP contribution >= 0.6 is 0 Å². The molecule has 4 rings (SSSR count). The van der Waals surface area contributed by atoms with Crippen LogP contribution in [0, 0.1) is 12.8 Å². The number of hydrogen-bond acceptors (Lipinski definition) is 5. The van der Waals surface area contributed by atoms with E-state index in [2.05, 4.69) is 59.8 Å². The molecular weight excluding hydrogens is 380 g/mol. The van der Waals surface area contributed by atoms with Gasteiger partial charge in [0.05, 0.1) is 0 Å². The zero-order chi connectivity index (χ0) is 21.4. The summed E-state index contributed by atoms with van der Waals surface area (Å²) in [4.78, 5) is 36.5. The van der Waals surface area contributed by atoms with Gasteiger partial charge < -0.3 is 9.47 Å².